The lowest BCUT2D eigenvalue weighted by Crippen LogP contribution is -2.67. The molecule has 9 nitrogen and oxygen atoms in total. The fourth-order valence-corrected chi connectivity index (χ4v) is 6.97. The highest BCUT2D eigenvalue weighted by molar-refractivity contribution is 6.19. The first-order valence-corrected chi connectivity index (χ1v) is 13.3. The van der Waals surface area contributed by atoms with E-state index in [1.54, 1.807) is 19.2 Å². The normalized spacial score (nSPS) is 22.8. The minimum Gasteiger partial charge on any atom is -0.496 e. The summed E-state index contributed by atoms with van der Waals surface area (Å²) < 4.78 is 7.59. The third-order valence-electron chi connectivity index (χ3n) is 8.75. The van der Waals surface area contributed by atoms with Crippen molar-refractivity contribution in [1.29, 1.82) is 0 Å². The van der Waals surface area contributed by atoms with Gasteiger partial charge in [0.25, 0.3) is 5.56 Å². The van der Waals surface area contributed by atoms with E-state index in [2.05, 4.69) is 4.90 Å². The summed E-state index contributed by atoms with van der Waals surface area (Å²) in [5.41, 5.74) is 0.257. The molecular weight excluding hydrogens is 496 g/mol. The van der Waals surface area contributed by atoms with Crippen LogP contribution in [0.2, 0.25) is 0 Å². The van der Waals surface area contributed by atoms with Crippen molar-refractivity contribution in [3.63, 3.8) is 0 Å². The number of ether oxygens (including phenoxy) is 1. The van der Waals surface area contributed by atoms with Crippen molar-refractivity contribution in [2.45, 2.75) is 25.3 Å². The molecule has 6 rings (SSSR count). The molecule has 3 aromatic rings. The first-order valence-electron chi connectivity index (χ1n) is 13.3. The Labute approximate surface area is 226 Å². The summed E-state index contributed by atoms with van der Waals surface area (Å²) in [7, 11) is 4.46. The van der Waals surface area contributed by atoms with Gasteiger partial charge in [0.05, 0.1) is 7.11 Å². The van der Waals surface area contributed by atoms with Crippen molar-refractivity contribution in [3.05, 3.63) is 76.2 Å². The Bertz CT molecular complexity index is 1540. The molecule has 2 bridgehead atoms. The van der Waals surface area contributed by atoms with E-state index in [4.69, 9.17) is 4.74 Å². The van der Waals surface area contributed by atoms with Gasteiger partial charge in [-0.3, -0.25) is 24.2 Å². The van der Waals surface area contributed by atoms with Gasteiger partial charge < -0.3 is 14.2 Å². The first-order chi connectivity index (χ1) is 18.7. The Morgan fingerprint density at radius 2 is 1.62 bits per heavy atom. The molecule has 0 aliphatic carbocycles. The Morgan fingerprint density at radius 3 is 2.36 bits per heavy atom. The summed E-state index contributed by atoms with van der Waals surface area (Å²) >= 11 is 0. The van der Waals surface area contributed by atoms with Gasteiger partial charge in [-0.15, -0.1) is 0 Å². The zero-order valence-electron chi connectivity index (χ0n) is 22.4. The Balaban J connectivity index is 1.44. The molecule has 0 spiro atoms. The molecule has 4 heterocycles. The lowest BCUT2D eigenvalue weighted by atomic mass is 9.74. The number of methoxy groups -OCH3 is 1. The number of likely N-dealkylation sites (tertiary alicyclic amines) is 1. The second kappa shape index (κ2) is 9.34. The van der Waals surface area contributed by atoms with E-state index in [9.17, 15) is 19.2 Å². The number of amides is 4. The number of carbonyl (C=O) groups excluding carboxylic acids is 3. The number of urea groups is 1. The van der Waals surface area contributed by atoms with E-state index < -0.39 is 23.3 Å². The molecule has 0 saturated carbocycles. The molecule has 2 aromatic carbocycles. The third-order valence-corrected chi connectivity index (χ3v) is 8.75. The number of barbiturate groups is 1. The zero-order valence-corrected chi connectivity index (χ0v) is 22.4. The summed E-state index contributed by atoms with van der Waals surface area (Å²) in [6.07, 6.45) is 1.06. The van der Waals surface area contributed by atoms with Gasteiger partial charge in [0.15, 0.2) is 0 Å². The van der Waals surface area contributed by atoms with Crippen LogP contribution < -0.4 is 10.3 Å². The zero-order chi connectivity index (χ0) is 27.5. The van der Waals surface area contributed by atoms with Crippen LogP contribution in [0.15, 0.2) is 59.4 Å². The average Bonchev–Trinajstić information content (AvgIpc) is 2.94. The van der Waals surface area contributed by atoms with Crippen LogP contribution in [0.4, 0.5) is 4.79 Å². The number of benzene rings is 2. The second-order valence-corrected chi connectivity index (χ2v) is 11.1. The molecule has 0 N–H and O–H groups in total. The Morgan fingerprint density at radius 1 is 0.872 bits per heavy atom. The standard InChI is InChI=1S/C30H32N4O5/c1-31-27(36)30(28(37)32(2)29(31)38,14-23-22-8-5-4-7-20(22)11-12-25(23)39-3)18-33-15-19-13-21(17-33)24-9-6-10-26(35)34(24)16-19/h4-12,19,21H,13-18H2,1-3H3/t19-,21+/m0/s1. The van der Waals surface area contributed by atoms with Crippen LogP contribution >= 0.6 is 0 Å². The van der Waals surface area contributed by atoms with E-state index in [-0.39, 0.29) is 30.4 Å². The maximum absolute atomic E-state index is 14.1. The molecule has 202 valence electrons. The monoisotopic (exact) mass is 528 g/mol. The molecule has 4 amide bonds. The van der Waals surface area contributed by atoms with Gasteiger partial charge in [-0.05, 0) is 35.2 Å². The highest BCUT2D eigenvalue weighted by atomic mass is 16.5. The van der Waals surface area contributed by atoms with Crippen LogP contribution in [0, 0.1) is 11.3 Å². The number of piperidine rings is 1. The Kier molecular flexibility index (Phi) is 6.06. The van der Waals surface area contributed by atoms with Crippen molar-refractivity contribution in [3.8, 4) is 5.75 Å². The molecule has 1 aromatic heterocycles. The smallest absolute Gasteiger partial charge is 0.332 e. The second-order valence-electron chi connectivity index (χ2n) is 11.1. The molecule has 2 atom stereocenters. The molecular formula is C30H32N4O5. The van der Waals surface area contributed by atoms with Crippen LogP contribution in [-0.4, -0.2) is 78.0 Å². The number of hydrogen-bond donors (Lipinski definition) is 0. The van der Waals surface area contributed by atoms with Gasteiger partial charge in [0, 0.05) is 69.9 Å². The first kappa shape index (κ1) is 25.3. The number of fused-ring (bicyclic) bond motifs is 5. The lowest BCUT2D eigenvalue weighted by molar-refractivity contribution is -0.159. The van der Waals surface area contributed by atoms with Crippen molar-refractivity contribution in [1.82, 2.24) is 19.3 Å². The fraction of sp³-hybridized carbons (Fsp3) is 0.400. The molecule has 0 unspecified atom stereocenters. The summed E-state index contributed by atoms with van der Waals surface area (Å²) in [5, 5.41) is 1.88. The van der Waals surface area contributed by atoms with E-state index in [1.807, 2.05) is 47.0 Å². The van der Waals surface area contributed by atoms with E-state index in [0.717, 1.165) is 38.3 Å². The quantitative estimate of drug-likeness (QED) is 0.473. The molecule has 0 radical (unpaired) electrons. The molecule has 3 aliphatic heterocycles. The van der Waals surface area contributed by atoms with E-state index in [0.29, 0.717) is 25.4 Å². The minimum absolute atomic E-state index is 0.00886. The molecule has 9 heteroatoms. The number of pyridine rings is 1. The average molecular weight is 529 g/mol. The van der Waals surface area contributed by atoms with Gasteiger partial charge in [0.2, 0.25) is 11.8 Å². The van der Waals surface area contributed by atoms with E-state index in [1.165, 1.54) is 14.1 Å². The molecule has 39 heavy (non-hydrogen) atoms. The topological polar surface area (TPSA) is 92.2 Å². The number of hydrogen-bond acceptors (Lipinski definition) is 6. The maximum Gasteiger partial charge on any atom is 0.332 e. The van der Waals surface area contributed by atoms with Gasteiger partial charge >= 0.3 is 6.03 Å². The van der Waals surface area contributed by atoms with Gasteiger partial charge in [-0.25, -0.2) is 4.79 Å². The van der Waals surface area contributed by atoms with Gasteiger partial charge in [-0.1, -0.05) is 36.4 Å². The summed E-state index contributed by atoms with van der Waals surface area (Å²) in [4.78, 5) is 57.7. The molecule has 2 saturated heterocycles. The van der Waals surface area contributed by atoms with Crippen LogP contribution in [0.3, 0.4) is 0 Å². The number of nitrogens with zero attached hydrogens (tertiary/aromatic N) is 4. The summed E-state index contributed by atoms with van der Waals surface area (Å²) in [6.45, 7) is 2.07. The number of carbonyl (C=O) groups is 3. The van der Waals surface area contributed by atoms with Crippen LogP contribution in [0.1, 0.15) is 23.6 Å². The van der Waals surface area contributed by atoms with Gasteiger partial charge in [-0.2, -0.15) is 0 Å². The lowest BCUT2D eigenvalue weighted by Gasteiger charge is -2.48. The molecule has 3 aliphatic rings. The van der Waals surface area contributed by atoms with Crippen LogP contribution in [-0.2, 0) is 22.6 Å². The Hall–Kier alpha value is -3.98. The van der Waals surface area contributed by atoms with Crippen molar-refractivity contribution in [2.24, 2.45) is 11.3 Å². The minimum atomic E-state index is -1.52. The SMILES string of the molecule is COc1ccc2ccccc2c1CC1(CN2C[C@@H]3C[C@H](C2)c2cccc(=O)n2C3)C(=O)N(C)C(=O)N(C)C1=O. The van der Waals surface area contributed by atoms with Crippen LogP contribution in [0.5, 0.6) is 5.75 Å². The van der Waals surface area contributed by atoms with Gasteiger partial charge in [0.1, 0.15) is 11.2 Å². The highest BCUT2D eigenvalue weighted by Crippen LogP contribution is 2.41. The predicted molar refractivity (Wildman–Crippen MR) is 146 cm³/mol. The fourth-order valence-electron chi connectivity index (χ4n) is 6.97. The summed E-state index contributed by atoms with van der Waals surface area (Å²) in [6, 6.07) is 16.4. The number of imide groups is 2. The summed E-state index contributed by atoms with van der Waals surface area (Å²) in [5.74, 6) is -0.0524. The van der Waals surface area contributed by atoms with Crippen LogP contribution in [0.25, 0.3) is 10.8 Å². The third kappa shape index (κ3) is 3.95. The molecule has 2 fully saturated rings. The number of aromatic nitrogens is 1. The van der Waals surface area contributed by atoms with Crippen molar-refractivity contribution in [2.75, 3.05) is 40.8 Å². The maximum atomic E-state index is 14.1. The largest absolute Gasteiger partial charge is 0.496 e. The highest BCUT2D eigenvalue weighted by Gasteiger charge is 2.57. The predicted octanol–water partition coefficient (Wildman–Crippen LogP) is 2.71. The van der Waals surface area contributed by atoms with Crippen molar-refractivity contribution >= 4 is 28.6 Å². The number of rotatable bonds is 5. The van der Waals surface area contributed by atoms with E-state index >= 15 is 0 Å². The van der Waals surface area contributed by atoms with Crippen molar-refractivity contribution < 1.29 is 19.1 Å².